The molecule has 6 nitrogen and oxygen atoms in total. The van der Waals surface area contributed by atoms with E-state index in [9.17, 15) is 22.8 Å². The van der Waals surface area contributed by atoms with E-state index in [1.165, 1.54) is 34.4 Å². The lowest BCUT2D eigenvalue weighted by atomic mass is 9.91. The zero-order valence-electron chi connectivity index (χ0n) is 27.6. The van der Waals surface area contributed by atoms with E-state index in [-0.39, 0.29) is 18.0 Å². The average Bonchev–Trinajstić information content (AvgIpc) is 3.03. The molecule has 0 atom stereocenters. The molecule has 1 saturated heterocycles. The molecule has 0 aliphatic carbocycles. The Labute approximate surface area is 271 Å². The highest BCUT2D eigenvalue weighted by atomic mass is 19.4. The van der Waals surface area contributed by atoms with Gasteiger partial charge in [-0.15, -0.1) is 0 Å². The van der Waals surface area contributed by atoms with Gasteiger partial charge in [0.25, 0.3) is 5.91 Å². The van der Waals surface area contributed by atoms with Crippen LogP contribution in [-0.4, -0.2) is 36.0 Å². The van der Waals surface area contributed by atoms with Gasteiger partial charge in [0.15, 0.2) is 0 Å². The maximum atomic E-state index is 13.0. The quantitative estimate of drug-likeness (QED) is 0.215. The van der Waals surface area contributed by atoms with Gasteiger partial charge in [-0.25, -0.2) is 4.79 Å². The monoisotopic (exact) mass is 636 g/mol. The van der Waals surface area contributed by atoms with Gasteiger partial charge >= 0.3 is 12.2 Å². The molecule has 1 aliphatic rings. The van der Waals surface area contributed by atoms with Crippen molar-refractivity contribution in [1.82, 2.24) is 10.2 Å². The number of rotatable bonds is 8. The number of hydrogen-bond donors (Lipinski definition) is 3. The standard InChI is InChI=1S/C28H38N4O2.C9H9F3/c1-5-7-19(3)25(6-2)26-18-21(9-8-20(26)4)27(33)30-24-14-16-32(17-15-24)28(34)31-23-12-10-22(29)11-13-23;1-2-7-3-5-8(6-4-7)9(10,11)12/h8-13,18,24H,5-7,14-17,29H2,1-4H3,(H,30,33)(H,31,34);3-6H,2H2,1H3/b25-19+;. The van der Waals surface area contributed by atoms with Crippen LogP contribution in [0.1, 0.15) is 92.4 Å². The minimum atomic E-state index is -4.22. The smallest absolute Gasteiger partial charge is 0.399 e. The first-order valence-corrected chi connectivity index (χ1v) is 16.0. The van der Waals surface area contributed by atoms with Gasteiger partial charge in [-0.1, -0.05) is 51.0 Å². The van der Waals surface area contributed by atoms with E-state index in [0.29, 0.717) is 24.3 Å². The molecule has 1 heterocycles. The van der Waals surface area contributed by atoms with E-state index < -0.39 is 11.7 Å². The van der Waals surface area contributed by atoms with Gasteiger partial charge < -0.3 is 21.3 Å². The number of nitrogens with two attached hydrogens (primary N) is 1. The number of allylic oxidation sites excluding steroid dienone is 2. The second-order valence-electron chi connectivity index (χ2n) is 11.7. The molecule has 3 amide bonds. The van der Waals surface area contributed by atoms with Crippen LogP contribution in [0.3, 0.4) is 0 Å². The second kappa shape index (κ2) is 16.9. The Bertz CT molecular complexity index is 1470. The Hall–Kier alpha value is -4.27. The zero-order chi connectivity index (χ0) is 33.9. The number of piperidine rings is 1. The van der Waals surface area contributed by atoms with Crippen LogP contribution in [0.4, 0.5) is 29.3 Å². The summed E-state index contributed by atoms with van der Waals surface area (Å²) in [5.41, 5.74) is 13.2. The van der Waals surface area contributed by atoms with Crippen LogP contribution in [-0.2, 0) is 12.6 Å². The van der Waals surface area contributed by atoms with Crippen molar-refractivity contribution in [2.75, 3.05) is 24.1 Å². The fraction of sp³-hybridized carbons (Fsp3) is 0.405. The van der Waals surface area contributed by atoms with Crippen LogP contribution < -0.4 is 16.4 Å². The van der Waals surface area contributed by atoms with E-state index in [2.05, 4.69) is 38.3 Å². The van der Waals surface area contributed by atoms with E-state index in [4.69, 9.17) is 5.73 Å². The van der Waals surface area contributed by atoms with Gasteiger partial charge in [0.2, 0.25) is 0 Å². The summed E-state index contributed by atoms with van der Waals surface area (Å²) in [6.07, 6.45) is 1.15. The summed E-state index contributed by atoms with van der Waals surface area (Å²) < 4.78 is 36.1. The van der Waals surface area contributed by atoms with Gasteiger partial charge in [-0.05, 0) is 117 Å². The van der Waals surface area contributed by atoms with Crippen molar-refractivity contribution in [2.24, 2.45) is 0 Å². The number of nitrogens with zero attached hydrogens (tertiary/aromatic N) is 1. The largest absolute Gasteiger partial charge is 0.416 e. The predicted molar refractivity (Wildman–Crippen MR) is 182 cm³/mol. The lowest BCUT2D eigenvalue weighted by Gasteiger charge is -2.32. The number of aryl methyl sites for hydroxylation is 2. The van der Waals surface area contributed by atoms with E-state index in [0.717, 1.165) is 61.9 Å². The number of nitrogen functional groups attached to an aromatic ring is 1. The summed E-state index contributed by atoms with van der Waals surface area (Å²) in [6.45, 7) is 11.8. The van der Waals surface area contributed by atoms with Crippen LogP contribution >= 0.6 is 0 Å². The number of carbonyl (C=O) groups excluding carboxylic acids is 2. The molecule has 4 N–H and O–H groups in total. The fourth-order valence-electron chi connectivity index (χ4n) is 5.53. The normalized spacial score (nSPS) is 14.1. The molecule has 0 aromatic heterocycles. The lowest BCUT2D eigenvalue weighted by molar-refractivity contribution is -0.137. The van der Waals surface area contributed by atoms with Crippen molar-refractivity contribution in [3.05, 3.63) is 100 Å². The molecule has 0 unspecified atom stereocenters. The second-order valence-corrected chi connectivity index (χ2v) is 11.7. The molecule has 0 saturated carbocycles. The van der Waals surface area contributed by atoms with Crippen LogP contribution in [0, 0.1) is 6.92 Å². The van der Waals surface area contributed by atoms with Crippen LogP contribution in [0.5, 0.6) is 0 Å². The van der Waals surface area contributed by atoms with Crippen LogP contribution in [0.25, 0.3) is 5.57 Å². The maximum absolute atomic E-state index is 13.0. The Kier molecular flexibility index (Phi) is 13.3. The Morgan fingerprint density at radius 1 is 0.935 bits per heavy atom. The maximum Gasteiger partial charge on any atom is 0.416 e. The summed E-state index contributed by atoms with van der Waals surface area (Å²) >= 11 is 0. The van der Waals surface area contributed by atoms with Crippen molar-refractivity contribution in [1.29, 1.82) is 0 Å². The number of carbonyl (C=O) groups is 2. The minimum absolute atomic E-state index is 0.0466. The summed E-state index contributed by atoms with van der Waals surface area (Å²) in [4.78, 5) is 27.4. The molecule has 0 radical (unpaired) electrons. The number of benzene rings is 3. The average molecular weight is 637 g/mol. The molecule has 9 heteroatoms. The van der Waals surface area contributed by atoms with Crippen LogP contribution in [0.2, 0.25) is 0 Å². The molecule has 1 fully saturated rings. The minimum Gasteiger partial charge on any atom is -0.399 e. The Balaban J connectivity index is 0.000000402. The number of alkyl halides is 3. The molecule has 1 aliphatic heterocycles. The first kappa shape index (κ1) is 36.2. The molecule has 0 bridgehead atoms. The highest BCUT2D eigenvalue weighted by molar-refractivity contribution is 5.95. The molecule has 0 spiro atoms. The third kappa shape index (κ3) is 10.4. The molecule has 46 heavy (non-hydrogen) atoms. The van der Waals surface area contributed by atoms with Crippen molar-refractivity contribution in [3.8, 4) is 0 Å². The Morgan fingerprint density at radius 2 is 1.57 bits per heavy atom. The van der Waals surface area contributed by atoms with Gasteiger partial charge in [0.1, 0.15) is 0 Å². The Morgan fingerprint density at radius 3 is 2.11 bits per heavy atom. The number of anilines is 2. The highest BCUT2D eigenvalue weighted by Crippen LogP contribution is 2.30. The van der Waals surface area contributed by atoms with E-state index in [1.54, 1.807) is 29.2 Å². The topological polar surface area (TPSA) is 87.5 Å². The van der Waals surface area contributed by atoms with Crippen molar-refractivity contribution in [3.63, 3.8) is 0 Å². The summed E-state index contributed by atoms with van der Waals surface area (Å²) in [5, 5.41) is 6.09. The summed E-state index contributed by atoms with van der Waals surface area (Å²) in [6, 6.07) is 18.3. The number of halogens is 3. The van der Waals surface area contributed by atoms with Crippen molar-refractivity contribution >= 4 is 28.9 Å². The van der Waals surface area contributed by atoms with E-state index in [1.807, 2.05) is 25.1 Å². The predicted octanol–water partition coefficient (Wildman–Crippen LogP) is 9.25. The molecular formula is C37H47F3N4O2. The summed E-state index contributed by atoms with van der Waals surface area (Å²) in [7, 11) is 0. The van der Waals surface area contributed by atoms with Gasteiger partial charge in [-0.3, -0.25) is 4.79 Å². The van der Waals surface area contributed by atoms with Gasteiger partial charge in [0.05, 0.1) is 5.56 Å². The number of nitrogens with one attached hydrogen (secondary N) is 2. The number of amides is 3. The van der Waals surface area contributed by atoms with E-state index >= 15 is 0 Å². The zero-order valence-corrected chi connectivity index (χ0v) is 27.6. The van der Waals surface area contributed by atoms with Crippen LogP contribution in [0.15, 0.2) is 72.3 Å². The SMILES string of the molecule is CCC/C(C)=C(\CC)c1cc(C(=O)NC2CCN(C(=O)Nc3ccc(N)cc3)CC2)ccc1C.CCc1ccc(C(F)(F)F)cc1. The third-order valence-electron chi connectivity index (χ3n) is 8.29. The van der Waals surface area contributed by atoms with Crippen molar-refractivity contribution < 1.29 is 22.8 Å². The molecule has 4 rings (SSSR count). The fourth-order valence-corrected chi connectivity index (χ4v) is 5.53. The molecule has 3 aromatic carbocycles. The first-order chi connectivity index (χ1) is 21.9. The van der Waals surface area contributed by atoms with Gasteiger partial charge in [0, 0.05) is 36.1 Å². The molecule has 248 valence electrons. The van der Waals surface area contributed by atoms with Gasteiger partial charge in [-0.2, -0.15) is 13.2 Å². The number of hydrogen-bond acceptors (Lipinski definition) is 3. The first-order valence-electron chi connectivity index (χ1n) is 16.0. The van der Waals surface area contributed by atoms with Crippen molar-refractivity contribution in [2.45, 2.75) is 85.4 Å². The summed E-state index contributed by atoms with van der Waals surface area (Å²) in [5.74, 6) is -0.0466. The number of urea groups is 1. The number of likely N-dealkylation sites (tertiary alicyclic amines) is 1. The molecule has 3 aromatic rings. The lowest BCUT2D eigenvalue weighted by Crippen LogP contribution is -2.47. The molecular weight excluding hydrogens is 589 g/mol. The highest BCUT2D eigenvalue weighted by Gasteiger charge is 2.30. The third-order valence-corrected chi connectivity index (χ3v) is 8.29.